The highest BCUT2D eigenvalue weighted by atomic mass is 35.5. The fourth-order valence-corrected chi connectivity index (χ4v) is 2.68. The fourth-order valence-electron chi connectivity index (χ4n) is 2.49. The Morgan fingerprint density at radius 3 is 2.64 bits per heavy atom. The number of nitrogens with zero attached hydrogens (tertiary/aromatic N) is 3. The van der Waals surface area contributed by atoms with Gasteiger partial charge in [-0.3, -0.25) is 0 Å². The zero-order chi connectivity index (χ0) is 17.6. The van der Waals surface area contributed by atoms with Crippen LogP contribution in [0.1, 0.15) is 17.0 Å². The third-order valence-electron chi connectivity index (χ3n) is 3.71. The molecule has 0 fully saturated rings. The Morgan fingerprint density at radius 1 is 1.16 bits per heavy atom. The lowest BCUT2D eigenvalue weighted by atomic mass is 10.0. The van der Waals surface area contributed by atoms with Crippen molar-refractivity contribution in [1.82, 2.24) is 9.55 Å². The molecule has 3 aromatic rings. The van der Waals surface area contributed by atoms with Gasteiger partial charge in [-0.25, -0.2) is 4.98 Å². The smallest absolute Gasteiger partial charge is 0.162 e. The number of hydrogen-bond donors (Lipinski definition) is 0. The number of hydrogen-bond acceptors (Lipinski definition) is 4. The Morgan fingerprint density at radius 2 is 1.92 bits per heavy atom. The molecule has 6 heteroatoms. The molecule has 0 spiro atoms. The molecule has 1 aromatic heterocycles. The summed E-state index contributed by atoms with van der Waals surface area (Å²) in [4.78, 5) is 9.42. The number of oxime groups is 1. The number of para-hydroxylation sites is 1. The lowest BCUT2D eigenvalue weighted by molar-refractivity contribution is 0.213. The summed E-state index contributed by atoms with van der Waals surface area (Å²) in [5.41, 5.74) is 2.50. The molecule has 0 N–H and O–H groups in total. The van der Waals surface area contributed by atoms with Gasteiger partial charge in [0.05, 0.1) is 5.02 Å². The van der Waals surface area contributed by atoms with Crippen LogP contribution >= 0.6 is 11.6 Å². The highest BCUT2D eigenvalue weighted by Gasteiger charge is 2.17. The van der Waals surface area contributed by atoms with E-state index < -0.39 is 0 Å². The second kappa shape index (κ2) is 7.85. The van der Waals surface area contributed by atoms with Gasteiger partial charge in [0.2, 0.25) is 0 Å². The van der Waals surface area contributed by atoms with Crippen molar-refractivity contribution in [2.24, 2.45) is 12.2 Å². The maximum Gasteiger partial charge on any atom is 0.162 e. The highest BCUT2D eigenvalue weighted by molar-refractivity contribution is 6.32. The first kappa shape index (κ1) is 17.0. The Labute approximate surface area is 151 Å². The van der Waals surface area contributed by atoms with Crippen LogP contribution in [0.25, 0.3) is 0 Å². The lowest BCUT2D eigenvalue weighted by Crippen LogP contribution is -2.14. The van der Waals surface area contributed by atoms with Crippen LogP contribution in [0, 0.1) is 0 Å². The zero-order valence-corrected chi connectivity index (χ0v) is 14.8. The van der Waals surface area contributed by atoms with Gasteiger partial charge in [0.1, 0.15) is 19.5 Å². The van der Waals surface area contributed by atoms with Crippen LogP contribution in [0.4, 0.5) is 0 Å². The van der Waals surface area contributed by atoms with E-state index in [4.69, 9.17) is 21.2 Å². The predicted octanol–water partition coefficient (Wildman–Crippen LogP) is 4.05. The second-order valence-electron chi connectivity index (χ2n) is 5.36. The molecule has 0 bridgehead atoms. The maximum absolute atomic E-state index is 6.16. The molecular weight excluding hydrogens is 338 g/mol. The van der Waals surface area contributed by atoms with E-state index in [0.29, 0.717) is 28.9 Å². The predicted molar refractivity (Wildman–Crippen MR) is 98.1 cm³/mol. The summed E-state index contributed by atoms with van der Waals surface area (Å²) in [5, 5.41) is 4.76. The van der Waals surface area contributed by atoms with Crippen molar-refractivity contribution in [2.75, 3.05) is 7.11 Å². The minimum absolute atomic E-state index is 0.354. The summed E-state index contributed by atoms with van der Waals surface area (Å²) < 4.78 is 7.78. The molecule has 0 aliphatic rings. The van der Waals surface area contributed by atoms with E-state index in [-0.39, 0.29) is 0 Å². The summed E-state index contributed by atoms with van der Waals surface area (Å²) in [5.74, 6) is 1.35. The van der Waals surface area contributed by atoms with Gasteiger partial charge in [0.25, 0.3) is 0 Å². The van der Waals surface area contributed by atoms with Gasteiger partial charge in [0, 0.05) is 25.0 Å². The van der Waals surface area contributed by atoms with E-state index in [1.165, 1.54) is 7.11 Å². The average molecular weight is 356 g/mol. The highest BCUT2D eigenvalue weighted by Crippen LogP contribution is 2.25. The molecule has 0 saturated carbocycles. The van der Waals surface area contributed by atoms with Crippen LogP contribution in [0.15, 0.2) is 66.1 Å². The largest absolute Gasteiger partial charge is 0.487 e. The zero-order valence-electron chi connectivity index (χ0n) is 14.0. The minimum Gasteiger partial charge on any atom is -0.487 e. The lowest BCUT2D eigenvalue weighted by Gasteiger charge is -2.13. The third-order valence-corrected chi connectivity index (χ3v) is 4.02. The summed E-state index contributed by atoms with van der Waals surface area (Å²) in [6, 6.07) is 15.3. The van der Waals surface area contributed by atoms with E-state index in [2.05, 4.69) is 10.1 Å². The Balaban J connectivity index is 1.93. The first-order chi connectivity index (χ1) is 12.2. The van der Waals surface area contributed by atoms with Crippen molar-refractivity contribution in [1.29, 1.82) is 0 Å². The molecule has 25 heavy (non-hydrogen) atoms. The first-order valence-electron chi connectivity index (χ1n) is 7.75. The number of halogens is 1. The van der Waals surface area contributed by atoms with Crippen molar-refractivity contribution >= 4 is 17.3 Å². The maximum atomic E-state index is 6.16. The van der Waals surface area contributed by atoms with E-state index in [9.17, 15) is 0 Å². The molecule has 0 amide bonds. The van der Waals surface area contributed by atoms with Gasteiger partial charge in [-0.05, 0) is 17.7 Å². The third kappa shape index (κ3) is 3.83. The van der Waals surface area contributed by atoms with Crippen molar-refractivity contribution in [3.8, 4) is 5.75 Å². The topological polar surface area (TPSA) is 48.6 Å². The molecule has 3 rings (SSSR count). The van der Waals surface area contributed by atoms with E-state index in [1.54, 1.807) is 12.3 Å². The molecule has 1 heterocycles. The van der Waals surface area contributed by atoms with Crippen molar-refractivity contribution < 1.29 is 9.57 Å². The van der Waals surface area contributed by atoms with E-state index in [1.807, 2.05) is 60.3 Å². The quantitative estimate of drug-likeness (QED) is 0.495. The van der Waals surface area contributed by atoms with E-state index >= 15 is 0 Å². The SMILES string of the molecule is CO/N=C(/c1ccccc1COc1ccccc1Cl)c1nccn1C. The molecular formula is C19H18ClN3O2. The number of aryl methyl sites for hydroxylation is 1. The van der Waals surface area contributed by atoms with Gasteiger partial charge in [-0.2, -0.15) is 0 Å². The van der Waals surface area contributed by atoms with Crippen molar-refractivity contribution in [2.45, 2.75) is 6.61 Å². The molecule has 2 aromatic carbocycles. The van der Waals surface area contributed by atoms with Crippen LogP contribution in [-0.4, -0.2) is 22.4 Å². The average Bonchev–Trinajstić information content (AvgIpc) is 3.05. The van der Waals surface area contributed by atoms with Crippen LogP contribution in [0.5, 0.6) is 5.75 Å². The normalized spacial score (nSPS) is 11.4. The molecule has 0 saturated heterocycles. The summed E-state index contributed by atoms with van der Waals surface area (Å²) >= 11 is 6.16. The number of ether oxygens (including phenoxy) is 1. The van der Waals surface area contributed by atoms with Crippen LogP contribution in [0.2, 0.25) is 5.02 Å². The minimum atomic E-state index is 0.354. The molecule has 0 atom stereocenters. The molecule has 0 aliphatic carbocycles. The van der Waals surface area contributed by atoms with Crippen molar-refractivity contribution in [3.63, 3.8) is 0 Å². The summed E-state index contributed by atoms with van der Waals surface area (Å²) in [6.07, 6.45) is 3.59. The standard InChI is InChI=1S/C19H18ClN3O2/c1-23-12-11-21-19(23)18(22-24-2)15-8-4-3-7-14(15)13-25-17-10-6-5-9-16(17)20/h3-12H,13H2,1-2H3/b22-18-. The molecule has 0 aliphatic heterocycles. The van der Waals surface area contributed by atoms with Crippen LogP contribution in [0.3, 0.4) is 0 Å². The number of aromatic nitrogens is 2. The molecule has 128 valence electrons. The molecule has 0 unspecified atom stereocenters. The van der Waals surface area contributed by atoms with Gasteiger partial charge in [-0.1, -0.05) is 53.2 Å². The Kier molecular flexibility index (Phi) is 5.36. The number of rotatable bonds is 6. The van der Waals surface area contributed by atoms with Gasteiger partial charge < -0.3 is 14.1 Å². The van der Waals surface area contributed by atoms with Crippen LogP contribution in [-0.2, 0) is 18.5 Å². The Hall–Kier alpha value is -2.79. The summed E-state index contributed by atoms with van der Waals surface area (Å²) in [7, 11) is 3.43. The van der Waals surface area contributed by atoms with Crippen LogP contribution < -0.4 is 4.74 Å². The van der Waals surface area contributed by atoms with E-state index in [0.717, 1.165) is 11.1 Å². The monoisotopic (exact) mass is 355 g/mol. The molecule has 5 nitrogen and oxygen atoms in total. The number of imidazole rings is 1. The van der Waals surface area contributed by atoms with Gasteiger partial charge in [-0.15, -0.1) is 0 Å². The van der Waals surface area contributed by atoms with Gasteiger partial charge in [0.15, 0.2) is 11.5 Å². The Bertz CT molecular complexity index is 890. The fraction of sp³-hybridized carbons (Fsp3) is 0.158. The van der Waals surface area contributed by atoms with Crippen molar-refractivity contribution in [3.05, 3.63) is 82.9 Å². The first-order valence-corrected chi connectivity index (χ1v) is 8.13. The molecule has 0 radical (unpaired) electrons. The second-order valence-corrected chi connectivity index (χ2v) is 5.77. The number of benzene rings is 2. The summed E-state index contributed by atoms with van der Waals surface area (Å²) in [6.45, 7) is 0.354. The van der Waals surface area contributed by atoms with Gasteiger partial charge >= 0.3 is 0 Å².